The molecule has 1 aliphatic carbocycles. The first-order valence-corrected chi connectivity index (χ1v) is 9.34. The van der Waals surface area contributed by atoms with Gasteiger partial charge >= 0.3 is 17.9 Å². The van der Waals surface area contributed by atoms with Crippen molar-refractivity contribution in [2.45, 2.75) is 12.8 Å². The molecular formula is C24H22O6. The van der Waals surface area contributed by atoms with Gasteiger partial charge in [0.25, 0.3) is 0 Å². The Balaban J connectivity index is 1.71. The molecule has 0 heterocycles. The molecule has 0 aliphatic heterocycles. The molecule has 0 aromatic heterocycles. The van der Waals surface area contributed by atoms with Crippen molar-refractivity contribution in [1.29, 1.82) is 0 Å². The molecule has 2 aromatic rings. The van der Waals surface area contributed by atoms with E-state index in [2.05, 4.69) is 6.58 Å². The van der Waals surface area contributed by atoms with Gasteiger partial charge in [0.1, 0.15) is 5.75 Å². The molecule has 0 radical (unpaired) electrons. The fraction of sp³-hybridized carbons (Fsp3) is 0.208. The Morgan fingerprint density at radius 2 is 1.47 bits per heavy atom. The third-order valence-corrected chi connectivity index (χ3v) is 5.15. The van der Waals surface area contributed by atoms with Crippen LogP contribution in [0.15, 0.2) is 72.8 Å². The van der Waals surface area contributed by atoms with E-state index < -0.39 is 23.3 Å². The monoisotopic (exact) mass is 406 g/mol. The molecule has 3 rings (SSSR count). The van der Waals surface area contributed by atoms with Gasteiger partial charge in [-0.05, 0) is 53.8 Å². The number of benzene rings is 2. The molecule has 2 aromatic carbocycles. The second-order valence-corrected chi connectivity index (χ2v) is 6.93. The van der Waals surface area contributed by atoms with Gasteiger partial charge in [-0.15, -0.1) is 0 Å². The number of allylic oxidation sites excluding steroid dienone is 3. The van der Waals surface area contributed by atoms with Crippen LogP contribution in [0.25, 0.3) is 5.57 Å². The van der Waals surface area contributed by atoms with Gasteiger partial charge in [-0.25, -0.2) is 4.79 Å². The Kier molecular flexibility index (Phi) is 6.16. The van der Waals surface area contributed by atoms with Crippen molar-refractivity contribution in [3.63, 3.8) is 0 Å². The van der Waals surface area contributed by atoms with Crippen molar-refractivity contribution in [1.82, 2.24) is 0 Å². The second-order valence-electron chi connectivity index (χ2n) is 6.93. The Bertz CT molecular complexity index is 986. The lowest BCUT2D eigenvalue weighted by Gasteiger charge is -2.23. The van der Waals surface area contributed by atoms with Crippen LogP contribution in [0, 0.1) is 5.41 Å². The van der Waals surface area contributed by atoms with Crippen LogP contribution in [0.1, 0.15) is 28.8 Å². The maximum absolute atomic E-state index is 12.3. The lowest BCUT2D eigenvalue weighted by Crippen LogP contribution is -2.39. The lowest BCUT2D eigenvalue weighted by molar-refractivity contribution is -0.168. The summed E-state index contributed by atoms with van der Waals surface area (Å²) in [6.07, 6.45) is 2.14. The predicted molar refractivity (Wildman–Crippen MR) is 111 cm³/mol. The number of esters is 3. The normalized spacial score (nSPS) is 14.4. The van der Waals surface area contributed by atoms with Gasteiger partial charge in [0.05, 0.1) is 19.8 Å². The number of hydrogen-bond acceptors (Lipinski definition) is 6. The molecule has 6 heteroatoms. The quantitative estimate of drug-likeness (QED) is 0.410. The number of hydrogen-bond donors (Lipinski definition) is 0. The zero-order valence-electron chi connectivity index (χ0n) is 16.8. The van der Waals surface area contributed by atoms with Crippen LogP contribution in [-0.4, -0.2) is 32.1 Å². The Morgan fingerprint density at radius 3 is 2.03 bits per heavy atom. The Labute approximate surface area is 174 Å². The third kappa shape index (κ3) is 4.03. The van der Waals surface area contributed by atoms with E-state index in [0.29, 0.717) is 16.9 Å². The first kappa shape index (κ1) is 21.0. The molecule has 154 valence electrons. The van der Waals surface area contributed by atoms with Gasteiger partial charge < -0.3 is 14.2 Å². The molecule has 1 aliphatic rings. The van der Waals surface area contributed by atoms with Gasteiger partial charge in [-0.3, -0.25) is 9.59 Å². The minimum atomic E-state index is -1.38. The van der Waals surface area contributed by atoms with E-state index in [-0.39, 0.29) is 12.8 Å². The van der Waals surface area contributed by atoms with E-state index in [4.69, 9.17) is 14.2 Å². The summed E-state index contributed by atoms with van der Waals surface area (Å²) in [5.41, 5.74) is 1.30. The molecule has 0 unspecified atom stereocenters. The molecule has 0 bridgehead atoms. The molecule has 6 nitrogen and oxygen atoms in total. The van der Waals surface area contributed by atoms with Gasteiger partial charge in [0.15, 0.2) is 5.41 Å². The van der Waals surface area contributed by atoms with Crippen LogP contribution in [0.2, 0.25) is 0 Å². The highest BCUT2D eigenvalue weighted by atomic mass is 16.5. The van der Waals surface area contributed by atoms with Crippen LogP contribution in [0.4, 0.5) is 0 Å². The first-order chi connectivity index (χ1) is 14.4. The van der Waals surface area contributed by atoms with E-state index >= 15 is 0 Å². The zero-order chi connectivity index (χ0) is 21.7. The topological polar surface area (TPSA) is 78.9 Å². The Hall–Kier alpha value is -3.67. The summed E-state index contributed by atoms with van der Waals surface area (Å²) in [6.45, 7) is 4.10. The molecule has 0 saturated carbocycles. The van der Waals surface area contributed by atoms with Gasteiger partial charge in [0, 0.05) is 0 Å². The van der Waals surface area contributed by atoms with E-state index in [1.807, 2.05) is 6.07 Å². The number of carbonyl (C=O) groups is 3. The third-order valence-electron chi connectivity index (χ3n) is 5.15. The van der Waals surface area contributed by atoms with E-state index in [9.17, 15) is 14.4 Å². The molecule has 0 saturated heterocycles. The summed E-state index contributed by atoms with van der Waals surface area (Å²) >= 11 is 0. The molecule has 0 N–H and O–H groups in total. The van der Waals surface area contributed by atoms with Crippen LogP contribution < -0.4 is 4.74 Å². The van der Waals surface area contributed by atoms with Gasteiger partial charge in [-0.2, -0.15) is 0 Å². The summed E-state index contributed by atoms with van der Waals surface area (Å²) in [6, 6.07) is 15.6. The lowest BCUT2D eigenvalue weighted by atomic mass is 9.83. The molecule has 0 atom stereocenters. The van der Waals surface area contributed by atoms with Crippen molar-refractivity contribution in [2.75, 3.05) is 14.2 Å². The van der Waals surface area contributed by atoms with Crippen molar-refractivity contribution in [3.8, 4) is 5.75 Å². The SMILES string of the molecule is C=C(C1=CCC(C(=O)OC)(C(=O)OC)C1)c1ccc(OC(=O)c2ccccc2)cc1. The standard InChI is InChI=1S/C24H22O6/c1-16(19-13-14-24(15-19,22(26)28-2)23(27)29-3)17-9-11-20(12-10-17)30-21(25)18-7-5-4-6-8-18/h4-13H,1,14-15H2,2-3H3. The molecule has 0 spiro atoms. The molecule has 30 heavy (non-hydrogen) atoms. The summed E-state index contributed by atoms with van der Waals surface area (Å²) in [5, 5.41) is 0. The minimum Gasteiger partial charge on any atom is -0.468 e. The second kappa shape index (κ2) is 8.78. The summed E-state index contributed by atoms with van der Waals surface area (Å²) in [5.74, 6) is -1.30. The molecule has 0 fully saturated rings. The fourth-order valence-electron chi connectivity index (χ4n) is 3.43. The number of rotatable bonds is 6. The summed E-state index contributed by atoms with van der Waals surface area (Å²) in [7, 11) is 2.49. The van der Waals surface area contributed by atoms with Gasteiger partial charge in [0.2, 0.25) is 0 Å². The van der Waals surface area contributed by atoms with Gasteiger partial charge in [-0.1, -0.05) is 43.0 Å². The number of carbonyl (C=O) groups excluding carboxylic acids is 3. The van der Waals surface area contributed by atoms with E-state index in [0.717, 1.165) is 11.1 Å². The van der Waals surface area contributed by atoms with Crippen molar-refractivity contribution in [3.05, 3.63) is 84.0 Å². The highest BCUT2D eigenvalue weighted by Gasteiger charge is 2.51. The highest BCUT2D eigenvalue weighted by molar-refractivity contribution is 6.02. The minimum absolute atomic E-state index is 0.149. The van der Waals surface area contributed by atoms with Crippen LogP contribution in [0.3, 0.4) is 0 Å². The molecular weight excluding hydrogens is 384 g/mol. The largest absolute Gasteiger partial charge is 0.468 e. The van der Waals surface area contributed by atoms with E-state index in [1.54, 1.807) is 54.6 Å². The predicted octanol–water partition coefficient (Wildman–Crippen LogP) is 3.97. The highest BCUT2D eigenvalue weighted by Crippen LogP contribution is 2.44. The smallest absolute Gasteiger partial charge is 0.343 e. The number of ether oxygens (including phenoxy) is 3. The summed E-state index contributed by atoms with van der Waals surface area (Å²) < 4.78 is 15.0. The van der Waals surface area contributed by atoms with Crippen molar-refractivity contribution < 1.29 is 28.6 Å². The average molecular weight is 406 g/mol. The fourth-order valence-corrected chi connectivity index (χ4v) is 3.43. The first-order valence-electron chi connectivity index (χ1n) is 9.34. The van der Waals surface area contributed by atoms with Crippen molar-refractivity contribution in [2.24, 2.45) is 5.41 Å². The summed E-state index contributed by atoms with van der Waals surface area (Å²) in [4.78, 5) is 36.7. The zero-order valence-corrected chi connectivity index (χ0v) is 16.8. The van der Waals surface area contributed by atoms with Crippen LogP contribution >= 0.6 is 0 Å². The molecule has 0 amide bonds. The van der Waals surface area contributed by atoms with E-state index in [1.165, 1.54) is 14.2 Å². The van der Waals surface area contributed by atoms with Crippen LogP contribution in [-0.2, 0) is 19.1 Å². The van der Waals surface area contributed by atoms with Crippen LogP contribution in [0.5, 0.6) is 5.75 Å². The number of methoxy groups -OCH3 is 2. The maximum atomic E-state index is 12.3. The maximum Gasteiger partial charge on any atom is 0.343 e. The van der Waals surface area contributed by atoms with Crippen molar-refractivity contribution >= 4 is 23.5 Å². The Morgan fingerprint density at radius 1 is 0.867 bits per heavy atom. The average Bonchev–Trinajstić information content (AvgIpc) is 3.25.